The van der Waals surface area contributed by atoms with Crippen LogP contribution in [0.25, 0.3) is 0 Å². The van der Waals surface area contributed by atoms with Gasteiger partial charge in [-0.2, -0.15) is 4.98 Å². The molecule has 18 heavy (non-hydrogen) atoms. The summed E-state index contributed by atoms with van der Waals surface area (Å²) in [7, 11) is 1.57. The number of ether oxygens (including phenoxy) is 1. The maximum Gasteiger partial charge on any atom is 0.242 e. The van der Waals surface area contributed by atoms with Gasteiger partial charge in [-0.25, -0.2) is 4.98 Å². The Morgan fingerprint density at radius 3 is 2.33 bits per heavy atom. The van der Waals surface area contributed by atoms with Gasteiger partial charge in [0.2, 0.25) is 5.88 Å². The van der Waals surface area contributed by atoms with Gasteiger partial charge in [0.1, 0.15) is 11.5 Å². The lowest BCUT2D eigenvalue weighted by Crippen LogP contribution is -2.14. The topological polar surface area (TPSA) is 73.1 Å². The summed E-state index contributed by atoms with van der Waals surface area (Å²) < 4.78 is 5.20. The van der Waals surface area contributed by atoms with Crippen LogP contribution >= 0.6 is 0 Å². The first-order valence-electron chi connectivity index (χ1n) is 6.38. The van der Waals surface area contributed by atoms with E-state index in [-0.39, 0.29) is 0 Å². The number of hydrogen-bond donors (Lipinski definition) is 2. The molecule has 0 aliphatic carbocycles. The fourth-order valence-electron chi connectivity index (χ4n) is 1.54. The van der Waals surface area contributed by atoms with Gasteiger partial charge in [0.15, 0.2) is 5.82 Å². The minimum atomic E-state index is 0.451. The summed E-state index contributed by atoms with van der Waals surface area (Å²) in [5, 5.41) is 3.24. The number of aromatic nitrogens is 2. The monoisotopic (exact) mass is 252 g/mol. The van der Waals surface area contributed by atoms with E-state index in [0.717, 1.165) is 18.8 Å². The van der Waals surface area contributed by atoms with Crippen molar-refractivity contribution in [3.8, 4) is 5.88 Å². The molecular weight excluding hydrogens is 228 g/mol. The fraction of sp³-hybridized carbons (Fsp3) is 0.692. The van der Waals surface area contributed by atoms with E-state index in [9.17, 15) is 0 Å². The van der Waals surface area contributed by atoms with Crippen molar-refractivity contribution in [2.45, 2.75) is 34.1 Å². The van der Waals surface area contributed by atoms with Crippen molar-refractivity contribution in [3.05, 3.63) is 5.82 Å². The normalized spacial score (nSPS) is 11.1. The summed E-state index contributed by atoms with van der Waals surface area (Å²) >= 11 is 0. The predicted molar refractivity (Wildman–Crippen MR) is 74.9 cm³/mol. The second-order valence-electron chi connectivity index (χ2n) is 5.28. The van der Waals surface area contributed by atoms with Gasteiger partial charge in [0, 0.05) is 13.0 Å². The van der Waals surface area contributed by atoms with Gasteiger partial charge in [0.25, 0.3) is 0 Å². The van der Waals surface area contributed by atoms with Crippen LogP contribution in [0.5, 0.6) is 5.88 Å². The lowest BCUT2D eigenvalue weighted by atomic mass is 10.1. The molecule has 0 aliphatic rings. The summed E-state index contributed by atoms with van der Waals surface area (Å²) in [6, 6.07) is 0. The number of nitrogens with zero attached hydrogens (tertiary/aromatic N) is 2. The van der Waals surface area contributed by atoms with Gasteiger partial charge in [-0.05, 0) is 11.8 Å². The molecule has 0 amide bonds. The van der Waals surface area contributed by atoms with E-state index in [1.54, 1.807) is 7.11 Å². The second kappa shape index (κ2) is 6.42. The molecule has 3 N–H and O–H groups in total. The molecule has 5 heteroatoms. The molecule has 0 bridgehead atoms. The van der Waals surface area contributed by atoms with Gasteiger partial charge < -0.3 is 15.8 Å². The Morgan fingerprint density at radius 1 is 1.17 bits per heavy atom. The van der Waals surface area contributed by atoms with Gasteiger partial charge in [0.05, 0.1) is 7.11 Å². The van der Waals surface area contributed by atoms with E-state index < -0.39 is 0 Å². The molecule has 1 heterocycles. The molecule has 1 aromatic heterocycles. The number of nitrogens with one attached hydrogen (secondary N) is 1. The zero-order valence-electron chi connectivity index (χ0n) is 11.9. The average molecular weight is 252 g/mol. The van der Waals surface area contributed by atoms with Crippen LogP contribution in [0.2, 0.25) is 0 Å². The summed E-state index contributed by atoms with van der Waals surface area (Å²) in [5.41, 5.74) is 6.44. The highest BCUT2D eigenvalue weighted by Gasteiger charge is 2.13. The van der Waals surface area contributed by atoms with E-state index in [2.05, 4.69) is 43.0 Å². The van der Waals surface area contributed by atoms with E-state index >= 15 is 0 Å². The second-order valence-corrected chi connectivity index (χ2v) is 5.28. The van der Waals surface area contributed by atoms with Crippen LogP contribution in [-0.4, -0.2) is 23.6 Å². The van der Waals surface area contributed by atoms with Crippen LogP contribution in [0.1, 0.15) is 33.5 Å². The summed E-state index contributed by atoms with van der Waals surface area (Å²) in [5.74, 6) is 2.91. The standard InChI is InChI=1S/C13H24N4O/c1-8(2)6-10-16-12(15-7-9(3)4)11(14)13(17-10)18-5/h8-9H,6-7,14H2,1-5H3,(H,15,16,17). The average Bonchev–Trinajstić information content (AvgIpc) is 2.28. The van der Waals surface area contributed by atoms with Crippen molar-refractivity contribution >= 4 is 11.5 Å². The lowest BCUT2D eigenvalue weighted by Gasteiger charge is -2.14. The van der Waals surface area contributed by atoms with Gasteiger partial charge in [-0.15, -0.1) is 0 Å². The number of anilines is 2. The van der Waals surface area contributed by atoms with Crippen molar-refractivity contribution in [1.82, 2.24) is 9.97 Å². The van der Waals surface area contributed by atoms with Crippen LogP contribution in [0.15, 0.2) is 0 Å². The molecule has 0 unspecified atom stereocenters. The maximum absolute atomic E-state index is 5.97. The molecule has 0 radical (unpaired) electrons. The minimum Gasteiger partial charge on any atom is -0.479 e. The SMILES string of the molecule is COc1nc(CC(C)C)nc(NCC(C)C)c1N. The highest BCUT2D eigenvalue weighted by atomic mass is 16.5. The Kier molecular flexibility index (Phi) is 5.19. The third-order valence-corrected chi connectivity index (χ3v) is 2.42. The molecule has 0 aromatic carbocycles. The van der Waals surface area contributed by atoms with Crippen LogP contribution in [-0.2, 0) is 6.42 Å². The highest BCUT2D eigenvalue weighted by molar-refractivity contribution is 5.66. The smallest absolute Gasteiger partial charge is 0.242 e. The number of rotatable bonds is 6. The first-order chi connectivity index (χ1) is 8.43. The third kappa shape index (κ3) is 4.05. The Balaban J connectivity index is 2.98. The van der Waals surface area contributed by atoms with E-state index in [4.69, 9.17) is 10.5 Å². The quantitative estimate of drug-likeness (QED) is 0.813. The van der Waals surface area contributed by atoms with E-state index in [1.807, 2.05) is 0 Å². The van der Waals surface area contributed by atoms with Crippen LogP contribution in [0.3, 0.4) is 0 Å². The first-order valence-corrected chi connectivity index (χ1v) is 6.38. The van der Waals surface area contributed by atoms with Crippen LogP contribution in [0, 0.1) is 11.8 Å². The highest BCUT2D eigenvalue weighted by Crippen LogP contribution is 2.26. The van der Waals surface area contributed by atoms with Gasteiger partial charge in [-0.1, -0.05) is 27.7 Å². The molecule has 1 aromatic rings. The number of hydrogen-bond acceptors (Lipinski definition) is 5. The predicted octanol–water partition coefficient (Wildman–Crippen LogP) is 2.33. The Hall–Kier alpha value is -1.52. The molecule has 0 saturated carbocycles. The van der Waals surface area contributed by atoms with Crippen molar-refractivity contribution in [1.29, 1.82) is 0 Å². The molecule has 0 fully saturated rings. The molecule has 0 spiro atoms. The zero-order chi connectivity index (χ0) is 13.7. The van der Waals surface area contributed by atoms with E-state index in [0.29, 0.717) is 29.2 Å². The lowest BCUT2D eigenvalue weighted by molar-refractivity contribution is 0.396. The summed E-state index contributed by atoms with van der Waals surface area (Å²) in [6.07, 6.45) is 0.812. The minimum absolute atomic E-state index is 0.451. The molecular formula is C13H24N4O. The molecule has 0 atom stereocenters. The van der Waals surface area contributed by atoms with Gasteiger partial charge >= 0.3 is 0 Å². The number of methoxy groups -OCH3 is 1. The summed E-state index contributed by atoms with van der Waals surface area (Å²) in [6.45, 7) is 9.36. The van der Waals surface area contributed by atoms with Crippen LogP contribution in [0.4, 0.5) is 11.5 Å². The number of nitrogens with two attached hydrogens (primary N) is 1. The number of nitrogen functional groups attached to an aromatic ring is 1. The molecule has 1 rings (SSSR count). The van der Waals surface area contributed by atoms with Crippen molar-refractivity contribution < 1.29 is 4.74 Å². The van der Waals surface area contributed by atoms with Crippen LogP contribution < -0.4 is 15.8 Å². The Morgan fingerprint density at radius 2 is 1.83 bits per heavy atom. The Bertz CT molecular complexity index is 391. The van der Waals surface area contributed by atoms with Crippen molar-refractivity contribution in [2.24, 2.45) is 11.8 Å². The first kappa shape index (κ1) is 14.5. The van der Waals surface area contributed by atoms with Crippen molar-refractivity contribution in [3.63, 3.8) is 0 Å². The third-order valence-electron chi connectivity index (χ3n) is 2.42. The molecule has 0 saturated heterocycles. The van der Waals surface area contributed by atoms with Crippen molar-refractivity contribution in [2.75, 3.05) is 24.7 Å². The van der Waals surface area contributed by atoms with Gasteiger partial charge in [-0.3, -0.25) is 0 Å². The zero-order valence-corrected chi connectivity index (χ0v) is 11.9. The maximum atomic E-state index is 5.97. The molecule has 102 valence electrons. The largest absolute Gasteiger partial charge is 0.479 e. The summed E-state index contributed by atoms with van der Waals surface area (Å²) in [4.78, 5) is 8.79. The molecule has 0 aliphatic heterocycles. The fourth-order valence-corrected chi connectivity index (χ4v) is 1.54. The Labute approximate surface area is 109 Å². The molecule has 5 nitrogen and oxygen atoms in total. The van der Waals surface area contributed by atoms with E-state index in [1.165, 1.54) is 0 Å².